The van der Waals surface area contributed by atoms with Crippen molar-refractivity contribution in [1.82, 2.24) is 9.97 Å². The molecule has 0 aliphatic carbocycles. The van der Waals surface area contributed by atoms with E-state index in [1.54, 1.807) is 0 Å². The number of fused-ring (bicyclic) bond motifs is 1. The number of piperidine rings is 1. The quantitative estimate of drug-likeness (QED) is 0.805. The lowest BCUT2D eigenvalue weighted by Gasteiger charge is -2.34. The van der Waals surface area contributed by atoms with Gasteiger partial charge in [-0.05, 0) is 44.2 Å². The highest BCUT2D eigenvalue weighted by Gasteiger charge is 2.22. The van der Waals surface area contributed by atoms with Gasteiger partial charge in [-0.25, -0.2) is 9.97 Å². The van der Waals surface area contributed by atoms with Crippen molar-refractivity contribution in [3.63, 3.8) is 0 Å². The van der Waals surface area contributed by atoms with Gasteiger partial charge in [0.15, 0.2) is 5.82 Å². The Morgan fingerprint density at radius 3 is 2.75 bits per heavy atom. The third kappa shape index (κ3) is 2.73. The van der Waals surface area contributed by atoms with Crippen LogP contribution in [0.2, 0.25) is 0 Å². The summed E-state index contributed by atoms with van der Waals surface area (Å²) in [6, 6.07) is 8.08. The molecule has 1 saturated heterocycles. The monoisotopic (exact) mass is 289 g/mol. The molecule has 0 spiro atoms. The summed E-state index contributed by atoms with van der Waals surface area (Å²) >= 11 is 5.89. The third-order valence-electron chi connectivity index (χ3n) is 4.06. The molecule has 1 aromatic heterocycles. The van der Waals surface area contributed by atoms with Gasteiger partial charge in [0.05, 0.1) is 16.7 Å². The molecule has 20 heavy (non-hydrogen) atoms. The van der Waals surface area contributed by atoms with Gasteiger partial charge in [-0.3, -0.25) is 0 Å². The Balaban J connectivity index is 1.90. The second-order valence-corrected chi connectivity index (χ2v) is 5.93. The molecule has 106 valence electrons. The summed E-state index contributed by atoms with van der Waals surface area (Å²) in [7, 11) is 0. The van der Waals surface area contributed by atoms with Crippen molar-refractivity contribution >= 4 is 28.5 Å². The number of rotatable bonds is 3. The first-order valence-electron chi connectivity index (χ1n) is 7.32. The fraction of sp³-hybridized carbons (Fsp3) is 0.500. The first-order valence-corrected chi connectivity index (χ1v) is 7.85. The normalized spacial score (nSPS) is 19.5. The van der Waals surface area contributed by atoms with Gasteiger partial charge in [-0.2, -0.15) is 0 Å². The van der Waals surface area contributed by atoms with E-state index in [0.717, 1.165) is 47.9 Å². The molecule has 1 aliphatic rings. The van der Waals surface area contributed by atoms with Crippen LogP contribution in [0, 0.1) is 12.8 Å². The van der Waals surface area contributed by atoms with Crippen LogP contribution < -0.4 is 4.90 Å². The largest absolute Gasteiger partial charge is 0.355 e. The molecule has 1 atom stereocenters. The zero-order chi connectivity index (χ0) is 13.9. The van der Waals surface area contributed by atoms with Crippen LogP contribution in [0.25, 0.3) is 11.0 Å². The third-order valence-corrected chi connectivity index (χ3v) is 4.27. The van der Waals surface area contributed by atoms with Crippen molar-refractivity contribution in [1.29, 1.82) is 0 Å². The Morgan fingerprint density at radius 2 is 2.00 bits per heavy atom. The van der Waals surface area contributed by atoms with E-state index >= 15 is 0 Å². The van der Waals surface area contributed by atoms with Crippen LogP contribution in [0.4, 0.5) is 5.82 Å². The lowest BCUT2D eigenvalue weighted by atomic mass is 9.95. The highest BCUT2D eigenvalue weighted by Crippen LogP contribution is 2.27. The molecular weight excluding hydrogens is 270 g/mol. The van der Waals surface area contributed by atoms with E-state index in [1.165, 1.54) is 12.8 Å². The summed E-state index contributed by atoms with van der Waals surface area (Å²) in [4.78, 5) is 11.9. The molecule has 0 amide bonds. The maximum atomic E-state index is 5.89. The number of para-hydroxylation sites is 2. The van der Waals surface area contributed by atoms with Crippen LogP contribution in [-0.2, 0) is 0 Å². The maximum absolute atomic E-state index is 5.89. The summed E-state index contributed by atoms with van der Waals surface area (Å²) in [5, 5.41) is 0. The lowest BCUT2D eigenvalue weighted by molar-refractivity contribution is 0.404. The fourth-order valence-corrected chi connectivity index (χ4v) is 3.33. The zero-order valence-electron chi connectivity index (χ0n) is 11.8. The minimum Gasteiger partial charge on any atom is -0.355 e. The fourth-order valence-electron chi connectivity index (χ4n) is 3.03. The Kier molecular flexibility index (Phi) is 4.06. The number of aromatic nitrogens is 2. The highest BCUT2D eigenvalue weighted by atomic mass is 35.5. The minimum atomic E-state index is 0.689. The summed E-state index contributed by atoms with van der Waals surface area (Å²) in [5.41, 5.74) is 2.98. The SMILES string of the molecule is Cc1nc2ccccc2nc1N1CCCC(CCCl)C1. The minimum absolute atomic E-state index is 0.689. The maximum Gasteiger partial charge on any atom is 0.150 e. The Labute approximate surface area is 125 Å². The molecule has 0 radical (unpaired) electrons. The number of aryl methyl sites for hydroxylation is 1. The molecule has 1 aromatic carbocycles. The number of hydrogen-bond donors (Lipinski definition) is 0. The number of alkyl halides is 1. The van der Waals surface area contributed by atoms with Crippen molar-refractivity contribution in [3.8, 4) is 0 Å². The summed E-state index contributed by atoms with van der Waals surface area (Å²) in [6.07, 6.45) is 3.59. The molecular formula is C16H20ClN3. The number of hydrogen-bond acceptors (Lipinski definition) is 3. The van der Waals surface area contributed by atoms with Crippen LogP contribution in [0.3, 0.4) is 0 Å². The summed E-state index contributed by atoms with van der Waals surface area (Å²) < 4.78 is 0. The van der Waals surface area contributed by atoms with Crippen molar-refractivity contribution in [3.05, 3.63) is 30.0 Å². The summed E-state index contributed by atoms with van der Waals surface area (Å²) in [6.45, 7) is 4.19. The second-order valence-electron chi connectivity index (χ2n) is 5.55. The second kappa shape index (κ2) is 5.96. The average molecular weight is 290 g/mol. The summed E-state index contributed by atoms with van der Waals surface area (Å²) in [5.74, 6) is 2.48. The van der Waals surface area contributed by atoms with Gasteiger partial charge in [-0.1, -0.05) is 12.1 Å². The number of benzene rings is 1. The van der Waals surface area contributed by atoms with E-state index in [1.807, 2.05) is 24.3 Å². The molecule has 3 rings (SSSR count). The zero-order valence-corrected chi connectivity index (χ0v) is 12.6. The van der Waals surface area contributed by atoms with Gasteiger partial charge in [0.2, 0.25) is 0 Å². The Bertz CT molecular complexity index is 597. The van der Waals surface area contributed by atoms with Crippen LogP contribution in [0.15, 0.2) is 24.3 Å². The van der Waals surface area contributed by atoms with E-state index in [-0.39, 0.29) is 0 Å². The van der Waals surface area contributed by atoms with E-state index in [4.69, 9.17) is 21.6 Å². The number of nitrogens with zero attached hydrogens (tertiary/aromatic N) is 3. The first kappa shape index (κ1) is 13.6. The molecule has 0 saturated carbocycles. The molecule has 2 aromatic rings. The van der Waals surface area contributed by atoms with E-state index in [9.17, 15) is 0 Å². The predicted octanol–water partition coefficient (Wildman–Crippen LogP) is 3.78. The van der Waals surface area contributed by atoms with Crippen molar-refractivity contribution < 1.29 is 0 Å². The average Bonchev–Trinajstić information content (AvgIpc) is 2.47. The molecule has 2 heterocycles. The molecule has 1 aliphatic heterocycles. The highest BCUT2D eigenvalue weighted by molar-refractivity contribution is 6.17. The Morgan fingerprint density at radius 1 is 1.25 bits per heavy atom. The molecule has 4 heteroatoms. The van der Waals surface area contributed by atoms with E-state index < -0.39 is 0 Å². The van der Waals surface area contributed by atoms with Gasteiger partial charge >= 0.3 is 0 Å². The standard InChI is InChI=1S/C16H20ClN3/c1-12-16(19-15-7-3-2-6-14(15)18-12)20-10-4-5-13(11-20)8-9-17/h2-3,6-7,13H,4-5,8-11H2,1H3. The molecule has 0 bridgehead atoms. The molecule has 0 N–H and O–H groups in total. The predicted molar refractivity (Wildman–Crippen MR) is 84.5 cm³/mol. The lowest BCUT2D eigenvalue weighted by Crippen LogP contribution is -2.36. The van der Waals surface area contributed by atoms with Crippen molar-refractivity contribution in [2.75, 3.05) is 23.9 Å². The van der Waals surface area contributed by atoms with Crippen molar-refractivity contribution in [2.24, 2.45) is 5.92 Å². The van der Waals surface area contributed by atoms with Crippen LogP contribution in [-0.4, -0.2) is 28.9 Å². The smallest absolute Gasteiger partial charge is 0.150 e. The molecule has 3 nitrogen and oxygen atoms in total. The van der Waals surface area contributed by atoms with Crippen LogP contribution in [0.1, 0.15) is 25.0 Å². The number of anilines is 1. The van der Waals surface area contributed by atoms with E-state index in [0.29, 0.717) is 5.92 Å². The number of halogens is 1. The van der Waals surface area contributed by atoms with E-state index in [2.05, 4.69) is 11.8 Å². The van der Waals surface area contributed by atoms with Crippen molar-refractivity contribution in [2.45, 2.75) is 26.2 Å². The topological polar surface area (TPSA) is 29.0 Å². The van der Waals surface area contributed by atoms with Gasteiger partial charge in [-0.15, -0.1) is 11.6 Å². The first-order chi connectivity index (χ1) is 9.78. The molecule has 1 unspecified atom stereocenters. The Hall–Kier alpha value is -1.35. The van der Waals surface area contributed by atoms with Gasteiger partial charge in [0.25, 0.3) is 0 Å². The van der Waals surface area contributed by atoms with Gasteiger partial charge < -0.3 is 4.90 Å². The van der Waals surface area contributed by atoms with Crippen LogP contribution >= 0.6 is 11.6 Å². The van der Waals surface area contributed by atoms with Gasteiger partial charge in [0, 0.05) is 19.0 Å². The van der Waals surface area contributed by atoms with Crippen LogP contribution in [0.5, 0.6) is 0 Å². The molecule has 1 fully saturated rings. The van der Waals surface area contributed by atoms with Gasteiger partial charge in [0.1, 0.15) is 0 Å².